The number of amides is 1. The van der Waals surface area contributed by atoms with E-state index in [2.05, 4.69) is 24.1 Å². The van der Waals surface area contributed by atoms with Gasteiger partial charge in [0.05, 0.1) is 18.9 Å². The van der Waals surface area contributed by atoms with Gasteiger partial charge in [-0.1, -0.05) is 13.8 Å². The molecule has 4 heteroatoms. The van der Waals surface area contributed by atoms with E-state index in [1.54, 1.807) is 0 Å². The minimum Gasteiger partial charge on any atom is -0.378 e. The molecule has 0 bridgehead atoms. The van der Waals surface area contributed by atoms with Gasteiger partial charge in [0.1, 0.15) is 6.04 Å². The molecule has 2 saturated heterocycles. The van der Waals surface area contributed by atoms with Crippen LogP contribution in [0, 0.1) is 11.8 Å². The predicted molar refractivity (Wildman–Crippen MR) is 64.4 cm³/mol. The van der Waals surface area contributed by atoms with E-state index in [0.717, 1.165) is 31.9 Å². The van der Waals surface area contributed by atoms with Crippen LogP contribution in [0.5, 0.6) is 0 Å². The van der Waals surface area contributed by atoms with E-state index in [1.807, 2.05) is 0 Å². The lowest BCUT2D eigenvalue weighted by Crippen LogP contribution is -2.59. The number of fused-ring (bicyclic) bond motifs is 2. The molecule has 96 valence electrons. The smallest absolute Gasteiger partial charge is 0.241 e. The summed E-state index contributed by atoms with van der Waals surface area (Å²) in [4.78, 5) is 14.4. The van der Waals surface area contributed by atoms with Gasteiger partial charge < -0.3 is 10.1 Å². The van der Waals surface area contributed by atoms with Gasteiger partial charge in [-0.2, -0.15) is 0 Å². The summed E-state index contributed by atoms with van der Waals surface area (Å²) in [6.07, 6.45) is 3.41. The third-order valence-electron chi connectivity index (χ3n) is 4.98. The van der Waals surface area contributed by atoms with Crippen LogP contribution < -0.4 is 5.32 Å². The summed E-state index contributed by atoms with van der Waals surface area (Å²) >= 11 is 0. The van der Waals surface area contributed by atoms with E-state index in [4.69, 9.17) is 4.74 Å². The first-order valence-corrected chi connectivity index (χ1v) is 6.79. The first kappa shape index (κ1) is 11.5. The van der Waals surface area contributed by atoms with Crippen LogP contribution in [0.4, 0.5) is 0 Å². The summed E-state index contributed by atoms with van der Waals surface area (Å²) in [6.45, 7) is 6.86. The molecule has 1 aliphatic carbocycles. The Morgan fingerprint density at radius 2 is 2.24 bits per heavy atom. The highest BCUT2D eigenvalue weighted by atomic mass is 16.5. The number of nitrogens with one attached hydrogen (secondary N) is 1. The molecule has 1 N–H and O–H groups in total. The summed E-state index contributed by atoms with van der Waals surface area (Å²) in [7, 11) is 0. The second kappa shape index (κ2) is 3.95. The Morgan fingerprint density at radius 3 is 3.00 bits per heavy atom. The molecule has 1 spiro atoms. The monoisotopic (exact) mass is 238 g/mol. The maximum absolute atomic E-state index is 12.0. The highest BCUT2D eigenvalue weighted by Crippen LogP contribution is 2.42. The zero-order chi connectivity index (χ0) is 12.0. The van der Waals surface area contributed by atoms with E-state index in [-0.39, 0.29) is 17.6 Å². The average Bonchev–Trinajstić information content (AvgIpc) is 2.59. The third kappa shape index (κ3) is 1.69. The van der Waals surface area contributed by atoms with Crippen LogP contribution in [0.25, 0.3) is 0 Å². The lowest BCUT2D eigenvalue weighted by Gasteiger charge is -2.47. The summed E-state index contributed by atoms with van der Waals surface area (Å²) in [6, 6.07) is -0.0376. The highest BCUT2D eigenvalue weighted by Gasteiger charge is 2.53. The normalized spacial score (nSPS) is 46.9. The Hall–Kier alpha value is -0.610. The number of carbonyl (C=O) groups excluding carboxylic acids is 1. The number of hydrogen-bond acceptors (Lipinski definition) is 3. The number of nitrogens with zero attached hydrogens (tertiary/aromatic N) is 1. The second-order valence-electron chi connectivity index (χ2n) is 6.00. The van der Waals surface area contributed by atoms with Gasteiger partial charge in [0.15, 0.2) is 0 Å². The minimum atomic E-state index is -0.0581. The van der Waals surface area contributed by atoms with E-state index in [0.29, 0.717) is 12.5 Å². The molecule has 0 radical (unpaired) electrons. The Labute approximate surface area is 103 Å². The molecule has 3 fully saturated rings. The van der Waals surface area contributed by atoms with Crippen LogP contribution in [0.2, 0.25) is 0 Å². The van der Waals surface area contributed by atoms with Crippen molar-refractivity contribution >= 4 is 5.91 Å². The van der Waals surface area contributed by atoms with Gasteiger partial charge in [0, 0.05) is 6.54 Å². The standard InChI is InChI=1S/C13H22N2O2/c1-9-3-4-13(7-10(9)2)14-12(16)11-8-17-6-5-15(11)13/h9-11H,3-8H2,1-2H3,(H,14,16)/t9-,10-,11-,13+/m1/s1. The molecule has 4 nitrogen and oxygen atoms in total. The van der Waals surface area contributed by atoms with Crippen LogP contribution in [0.1, 0.15) is 33.1 Å². The quantitative estimate of drug-likeness (QED) is 0.683. The Bertz CT molecular complexity index is 333. The molecule has 0 aromatic rings. The fourth-order valence-electron chi connectivity index (χ4n) is 3.68. The van der Waals surface area contributed by atoms with Crippen LogP contribution in [0.3, 0.4) is 0 Å². The van der Waals surface area contributed by atoms with Gasteiger partial charge in [0.25, 0.3) is 0 Å². The highest BCUT2D eigenvalue weighted by molar-refractivity contribution is 5.85. The van der Waals surface area contributed by atoms with E-state index in [1.165, 1.54) is 6.42 Å². The zero-order valence-electron chi connectivity index (χ0n) is 10.7. The van der Waals surface area contributed by atoms with Crippen molar-refractivity contribution in [3.63, 3.8) is 0 Å². The maximum atomic E-state index is 12.0. The van der Waals surface area contributed by atoms with Gasteiger partial charge in [-0.05, 0) is 31.1 Å². The van der Waals surface area contributed by atoms with Crippen LogP contribution in [-0.2, 0) is 9.53 Å². The molecular formula is C13H22N2O2. The fraction of sp³-hybridized carbons (Fsp3) is 0.923. The van der Waals surface area contributed by atoms with Crippen LogP contribution >= 0.6 is 0 Å². The first-order chi connectivity index (χ1) is 8.12. The van der Waals surface area contributed by atoms with Gasteiger partial charge in [-0.3, -0.25) is 9.69 Å². The van der Waals surface area contributed by atoms with E-state index in [9.17, 15) is 4.79 Å². The van der Waals surface area contributed by atoms with Crippen LogP contribution in [0.15, 0.2) is 0 Å². The molecule has 0 aromatic heterocycles. The van der Waals surface area contributed by atoms with Gasteiger partial charge in [0.2, 0.25) is 5.91 Å². The van der Waals surface area contributed by atoms with Gasteiger partial charge >= 0.3 is 0 Å². The molecule has 1 amide bonds. The van der Waals surface area contributed by atoms with Crippen molar-refractivity contribution in [1.82, 2.24) is 10.2 Å². The first-order valence-electron chi connectivity index (χ1n) is 6.79. The number of rotatable bonds is 0. The van der Waals surface area contributed by atoms with Crippen molar-refractivity contribution in [2.24, 2.45) is 11.8 Å². The lowest BCUT2D eigenvalue weighted by atomic mass is 9.75. The zero-order valence-corrected chi connectivity index (χ0v) is 10.7. The predicted octanol–water partition coefficient (Wildman–Crippen LogP) is 0.969. The molecule has 17 heavy (non-hydrogen) atoms. The maximum Gasteiger partial charge on any atom is 0.241 e. The Kier molecular flexibility index (Phi) is 2.67. The van der Waals surface area contributed by atoms with Crippen molar-refractivity contribution < 1.29 is 9.53 Å². The summed E-state index contributed by atoms with van der Waals surface area (Å²) in [5.41, 5.74) is -0.0581. The molecule has 2 heterocycles. The Morgan fingerprint density at radius 1 is 1.41 bits per heavy atom. The topological polar surface area (TPSA) is 41.6 Å². The van der Waals surface area contributed by atoms with Crippen molar-refractivity contribution in [3.05, 3.63) is 0 Å². The molecule has 3 aliphatic rings. The van der Waals surface area contributed by atoms with Crippen molar-refractivity contribution in [2.45, 2.75) is 44.8 Å². The van der Waals surface area contributed by atoms with E-state index < -0.39 is 0 Å². The number of carbonyl (C=O) groups is 1. The van der Waals surface area contributed by atoms with Gasteiger partial charge in [-0.15, -0.1) is 0 Å². The molecule has 0 aromatic carbocycles. The summed E-state index contributed by atoms with van der Waals surface area (Å²) in [5.74, 6) is 1.63. The van der Waals surface area contributed by atoms with E-state index >= 15 is 0 Å². The summed E-state index contributed by atoms with van der Waals surface area (Å²) < 4.78 is 5.43. The number of ether oxygens (including phenoxy) is 1. The lowest BCUT2D eigenvalue weighted by molar-refractivity contribution is -0.125. The number of hydrogen-bond donors (Lipinski definition) is 1. The molecule has 3 rings (SSSR count). The molecule has 4 atom stereocenters. The summed E-state index contributed by atoms with van der Waals surface area (Å²) in [5, 5.41) is 3.27. The van der Waals surface area contributed by atoms with Crippen LogP contribution in [-0.4, -0.2) is 42.3 Å². The minimum absolute atomic E-state index is 0.0376. The van der Waals surface area contributed by atoms with Crippen molar-refractivity contribution in [2.75, 3.05) is 19.8 Å². The Balaban J connectivity index is 1.85. The molecular weight excluding hydrogens is 216 g/mol. The SMILES string of the molecule is C[C@@H]1CC[C@]2(C[C@H]1C)NC(=O)[C@H]1COCCN12. The second-order valence-corrected chi connectivity index (χ2v) is 6.00. The molecule has 1 saturated carbocycles. The number of morpholine rings is 1. The molecule has 0 unspecified atom stereocenters. The largest absolute Gasteiger partial charge is 0.378 e. The fourth-order valence-corrected chi connectivity index (χ4v) is 3.68. The third-order valence-corrected chi connectivity index (χ3v) is 4.98. The average molecular weight is 238 g/mol. The van der Waals surface area contributed by atoms with Crippen molar-refractivity contribution in [3.8, 4) is 0 Å². The van der Waals surface area contributed by atoms with Gasteiger partial charge in [-0.25, -0.2) is 0 Å². The molecule has 2 aliphatic heterocycles. The van der Waals surface area contributed by atoms with Crippen molar-refractivity contribution in [1.29, 1.82) is 0 Å².